The zero-order valence-corrected chi connectivity index (χ0v) is 11.5. The summed E-state index contributed by atoms with van der Waals surface area (Å²) < 4.78 is 61.2. The average molecular weight is 413 g/mol. The summed E-state index contributed by atoms with van der Waals surface area (Å²) in [4.78, 5) is 11.3. The minimum atomic E-state index is -5.10. The summed E-state index contributed by atoms with van der Waals surface area (Å²) in [6.45, 7) is 0. The molecular weight excluding hydrogens is 410 g/mol. The van der Waals surface area contributed by atoms with Gasteiger partial charge in [0.1, 0.15) is 0 Å². The second-order valence-electron chi connectivity index (χ2n) is 2.95. The molecule has 0 aliphatic rings. The molecule has 0 radical (unpaired) electrons. The van der Waals surface area contributed by atoms with Crippen LogP contribution in [0.25, 0.3) is 0 Å². The van der Waals surface area contributed by atoms with E-state index in [1.54, 1.807) is 0 Å². The van der Waals surface area contributed by atoms with Gasteiger partial charge in [-0.05, 0) is 9.91 Å². The van der Waals surface area contributed by atoms with Crippen molar-refractivity contribution in [2.45, 2.75) is 11.3 Å². The highest BCUT2D eigenvalue weighted by Crippen LogP contribution is 2.32. The van der Waals surface area contributed by atoms with Gasteiger partial charge in [0.05, 0.1) is 0 Å². The summed E-state index contributed by atoms with van der Waals surface area (Å²) in [6.07, 6.45) is -5.10. The minimum Gasteiger partial charge on any atom is -0.400 e. The van der Waals surface area contributed by atoms with Crippen molar-refractivity contribution in [3.63, 3.8) is 0 Å². The van der Waals surface area contributed by atoms with Crippen LogP contribution in [-0.2, 0) is 10.0 Å². The van der Waals surface area contributed by atoms with E-state index in [-0.39, 0.29) is 0 Å². The lowest BCUT2D eigenvalue weighted by Crippen LogP contribution is -2.20. The fraction of sp³-hybridized carbons (Fsp3) is 0.167. The zero-order chi connectivity index (χ0) is 15.0. The first kappa shape index (κ1) is 15.8. The van der Waals surface area contributed by atoms with Gasteiger partial charge in [-0.1, -0.05) is 0 Å². The summed E-state index contributed by atoms with van der Waals surface area (Å²) in [6, 6.07) is 0.301. The zero-order valence-electron chi connectivity index (χ0n) is 8.51. The van der Waals surface area contributed by atoms with Gasteiger partial charge in [-0.15, -0.1) is 13.2 Å². The Hall–Kier alpha value is -1.22. The highest BCUT2D eigenvalue weighted by Gasteiger charge is 2.36. The number of nitrogens with two attached hydrogens (primary N) is 1. The van der Waals surface area contributed by atoms with E-state index in [0.717, 1.165) is 0 Å². The summed E-state index contributed by atoms with van der Waals surface area (Å²) in [5, 5.41) is 15.2. The first-order chi connectivity index (χ1) is 8.42. The Balaban J connectivity index is 3.52. The van der Waals surface area contributed by atoms with Crippen LogP contribution >= 0.6 is 22.6 Å². The molecule has 1 aromatic heterocycles. The summed E-state index contributed by atoms with van der Waals surface area (Å²) in [5.74, 6) is -2.18. The van der Waals surface area contributed by atoms with Crippen LogP contribution in [0.4, 0.5) is 19.0 Å². The maximum absolute atomic E-state index is 12.0. The lowest BCUT2D eigenvalue weighted by molar-refractivity contribution is -0.392. The van der Waals surface area contributed by atoms with Crippen molar-refractivity contribution in [2.24, 2.45) is 5.14 Å². The SMILES string of the molecule is NS(=O)(=O)c1cc(OC(F)(F)F)c(I)nc1[N+](=O)[O-]. The van der Waals surface area contributed by atoms with Crippen LogP contribution in [-0.4, -0.2) is 24.7 Å². The number of nitro groups is 1. The fourth-order valence-corrected chi connectivity index (χ4v) is 2.12. The molecule has 1 rings (SSSR count). The van der Waals surface area contributed by atoms with E-state index in [1.165, 1.54) is 22.6 Å². The van der Waals surface area contributed by atoms with Gasteiger partial charge in [-0.2, -0.15) is 0 Å². The van der Waals surface area contributed by atoms with E-state index in [9.17, 15) is 31.7 Å². The highest BCUT2D eigenvalue weighted by molar-refractivity contribution is 14.1. The molecule has 1 aromatic rings. The van der Waals surface area contributed by atoms with Crippen LogP contribution in [0.2, 0.25) is 0 Å². The number of primary sulfonamides is 1. The quantitative estimate of drug-likeness (QED) is 0.343. The molecule has 0 saturated heterocycles. The van der Waals surface area contributed by atoms with Gasteiger partial charge in [0, 0.05) is 28.7 Å². The molecule has 19 heavy (non-hydrogen) atoms. The van der Waals surface area contributed by atoms with Gasteiger partial charge in [-0.25, -0.2) is 13.6 Å². The number of rotatable bonds is 3. The number of pyridine rings is 1. The van der Waals surface area contributed by atoms with E-state index in [1.807, 2.05) is 0 Å². The number of aromatic nitrogens is 1. The first-order valence-corrected chi connectivity index (χ1v) is 6.68. The summed E-state index contributed by atoms with van der Waals surface area (Å²) >= 11 is 1.23. The molecule has 0 atom stereocenters. The Morgan fingerprint density at radius 1 is 1.47 bits per heavy atom. The molecule has 0 fully saturated rings. The highest BCUT2D eigenvalue weighted by atomic mass is 127. The van der Waals surface area contributed by atoms with E-state index < -0.39 is 41.5 Å². The summed E-state index contributed by atoms with van der Waals surface area (Å²) in [7, 11) is -4.63. The van der Waals surface area contributed by atoms with E-state index in [2.05, 4.69) is 14.9 Å². The molecule has 0 saturated carbocycles. The largest absolute Gasteiger partial charge is 0.573 e. The predicted octanol–water partition coefficient (Wildman–Crippen LogP) is 1.14. The lowest BCUT2D eigenvalue weighted by atomic mass is 10.4. The number of hydrogen-bond acceptors (Lipinski definition) is 6. The Labute approximate surface area is 117 Å². The van der Waals surface area contributed by atoms with E-state index in [4.69, 9.17) is 0 Å². The molecule has 106 valence electrons. The number of ether oxygens (including phenoxy) is 1. The van der Waals surface area contributed by atoms with Gasteiger partial charge in [-0.3, -0.25) is 0 Å². The van der Waals surface area contributed by atoms with Crippen molar-refractivity contribution < 1.29 is 31.2 Å². The third-order valence-corrected chi connectivity index (χ3v) is 3.28. The van der Waals surface area contributed by atoms with E-state index >= 15 is 0 Å². The molecular formula is C6H3F3IN3O5S. The van der Waals surface area contributed by atoms with Gasteiger partial charge >= 0.3 is 12.2 Å². The second kappa shape index (κ2) is 5.04. The molecule has 2 N–H and O–H groups in total. The third kappa shape index (κ3) is 4.13. The van der Waals surface area contributed by atoms with Crippen molar-refractivity contribution in [3.05, 3.63) is 19.9 Å². The maximum atomic E-state index is 12.0. The number of hydrogen-bond donors (Lipinski definition) is 1. The van der Waals surface area contributed by atoms with Crippen molar-refractivity contribution in [2.75, 3.05) is 0 Å². The Morgan fingerprint density at radius 3 is 2.37 bits per heavy atom. The van der Waals surface area contributed by atoms with Crippen LogP contribution < -0.4 is 9.88 Å². The van der Waals surface area contributed by atoms with E-state index in [0.29, 0.717) is 6.07 Å². The second-order valence-corrected chi connectivity index (χ2v) is 5.50. The molecule has 0 amide bonds. The normalized spacial score (nSPS) is 12.3. The smallest absolute Gasteiger partial charge is 0.400 e. The topological polar surface area (TPSA) is 125 Å². The minimum absolute atomic E-state index is 0.301. The molecule has 13 heteroatoms. The summed E-state index contributed by atoms with van der Waals surface area (Å²) in [5.41, 5.74) is 0. The van der Waals surface area contributed by atoms with Crippen molar-refractivity contribution >= 4 is 38.4 Å². The average Bonchev–Trinajstić information content (AvgIpc) is 2.16. The Bertz CT molecular complexity index is 632. The molecule has 0 bridgehead atoms. The molecule has 8 nitrogen and oxygen atoms in total. The first-order valence-electron chi connectivity index (χ1n) is 4.05. The molecule has 0 spiro atoms. The lowest BCUT2D eigenvalue weighted by Gasteiger charge is -2.09. The van der Waals surface area contributed by atoms with Crippen LogP contribution in [0.3, 0.4) is 0 Å². The molecule has 1 heterocycles. The number of halogens is 4. The Kier molecular flexibility index (Phi) is 4.20. The Morgan fingerprint density at radius 2 is 2.00 bits per heavy atom. The van der Waals surface area contributed by atoms with Crippen LogP contribution in [0.1, 0.15) is 0 Å². The molecule has 0 aliphatic carbocycles. The van der Waals surface area contributed by atoms with Crippen LogP contribution in [0.5, 0.6) is 5.75 Å². The number of nitrogens with zero attached hydrogens (tertiary/aromatic N) is 2. The van der Waals surface area contributed by atoms with Crippen LogP contribution in [0, 0.1) is 13.8 Å². The maximum Gasteiger partial charge on any atom is 0.573 e. The number of sulfonamides is 1. The van der Waals surface area contributed by atoms with Crippen molar-refractivity contribution in [1.29, 1.82) is 0 Å². The monoisotopic (exact) mass is 413 g/mol. The van der Waals surface area contributed by atoms with Crippen molar-refractivity contribution in [3.8, 4) is 5.75 Å². The van der Waals surface area contributed by atoms with Gasteiger partial charge in [0.15, 0.2) is 10.6 Å². The number of alkyl halides is 3. The standard InChI is InChI=1S/C6H3F3IN3O5S/c7-6(8,9)18-2-1-3(19(11,16)17)5(13(14)15)12-4(2)10/h1H,(H2,11,16,17). The third-order valence-electron chi connectivity index (χ3n) is 1.60. The predicted molar refractivity (Wildman–Crippen MR) is 61.7 cm³/mol. The van der Waals surface area contributed by atoms with Crippen LogP contribution in [0.15, 0.2) is 11.0 Å². The van der Waals surface area contributed by atoms with Gasteiger partial charge in [0.2, 0.25) is 10.0 Å². The van der Waals surface area contributed by atoms with Gasteiger partial charge < -0.3 is 14.9 Å². The molecule has 0 aliphatic heterocycles. The fourth-order valence-electron chi connectivity index (χ4n) is 0.983. The molecule has 0 unspecified atom stereocenters. The van der Waals surface area contributed by atoms with Crippen molar-refractivity contribution in [1.82, 2.24) is 4.98 Å². The van der Waals surface area contributed by atoms with Gasteiger partial charge in [0.25, 0.3) is 3.70 Å². The molecule has 0 aromatic carbocycles.